The monoisotopic (exact) mass is 589 g/mol. The maximum absolute atomic E-state index is 13.8. The van der Waals surface area contributed by atoms with Crippen LogP contribution in [0.4, 0.5) is 11.6 Å². The van der Waals surface area contributed by atoms with E-state index in [0.29, 0.717) is 57.8 Å². The van der Waals surface area contributed by atoms with Crippen LogP contribution >= 0.6 is 15.9 Å². The number of anilines is 2. The molecule has 10 heteroatoms. The van der Waals surface area contributed by atoms with E-state index in [-0.39, 0.29) is 5.91 Å². The van der Waals surface area contributed by atoms with Crippen LogP contribution in [-0.2, 0) is 11.4 Å². The SMILES string of the molecule is CCOc1cc(C2C(C(=O)Nc3ccccc3OC)=C(C)Nc3ncnn32)cc(Br)c1OCc1ccccc1. The third-order valence-electron chi connectivity index (χ3n) is 6.27. The van der Waals surface area contributed by atoms with Crippen molar-refractivity contribution in [3.8, 4) is 17.2 Å². The number of benzene rings is 3. The van der Waals surface area contributed by atoms with Crippen LogP contribution in [0.25, 0.3) is 0 Å². The Morgan fingerprint density at radius 2 is 1.85 bits per heavy atom. The summed E-state index contributed by atoms with van der Waals surface area (Å²) >= 11 is 3.68. The number of amides is 1. The first-order chi connectivity index (χ1) is 19.0. The van der Waals surface area contributed by atoms with Gasteiger partial charge in [-0.15, -0.1) is 0 Å². The summed E-state index contributed by atoms with van der Waals surface area (Å²) in [6.07, 6.45) is 1.46. The van der Waals surface area contributed by atoms with Crippen LogP contribution in [0.15, 0.2) is 88.8 Å². The number of ether oxygens (including phenoxy) is 3. The third-order valence-corrected chi connectivity index (χ3v) is 6.86. The summed E-state index contributed by atoms with van der Waals surface area (Å²) in [5.41, 5.74) is 3.51. The molecule has 0 bridgehead atoms. The maximum Gasteiger partial charge on any atom is 0.255 e. The van der Waals surface area contributed by atoms with Crippen molar-refractivity contribution < 1.29 is 19.0 Å². The van der Waals surface area contributed by atoms with Gasteiger partial charge in [0.2, 0.25) is 5.95 Å². The normalized spacial score (nSPS) is 14.3. The number of hydrogen-bond donors (Lipinski definition) is 2. The van der Waals surface area contributed by atoms with E-state index in [0.717, 1.165) is 11.1 Å². The largest absolute Gasteiger partial charge is 0.495 e. The molecular formula is C29H28BrN5O4. The van der Waals surface area contributed by atoms with Crippen LogP contribution in [-0.4, -0.2) is 34.4 Å². The Morgan fingerprint density at radius 1 is 1.08 bits per heavy atom. The molecule has 1 atom stereocenters. The fraction of sp³-hybridized carbons (Fsp3) is 0.207. The predicted octanol–water partition coefficient (Wildman–Crippen LogP) is 5.95. The van der Waals surface area contributed by atoms with Gasteiger partial charge in [0.15, 0.2) is 11.5 Å². The Bertz CT molecular complexity index is 1520. The van der Waals surface area contributed by atoms with E-state index >= 15 is 0 Å². The molecule has 0 radical (unpaired) electrons. The van der Waals surface area contributed by atoms with Gasteiger partial charge in [-0.25, -0.2) is 4.68 Å². The zero-order chi connectivity index (χ0) is 27.4. The van der Waals surface area contributed by atoms with Gasteiger partial charge in [0, 0.05) is 5.70 Å². The Labute approximate surface area is 234 Å². The van der Waals surface area contributed by atoms with Gasteiger partial charge < -0.3 is 24.8 Å². The molecule has 3 aromatic carbocycles. The zero-order valence-electron chi connectivity index (χ0n) is 21.8. The number of carbonyl (C=O) groups excluding carboxylic acids is 1. The zero-order valence-corrected chi connectivity index (χ0v) is 23.4. The van der Waals surface area contributed by atoms with Gasteiger partial charge in [0.25, 0.3) is 5.91 Å². The quantitative estimate of drug-likeness (QED) is 0.248. The van der Waals surface area contributed by atoms with Crippen LogP contribution in [0, 0.1) is 0 Å². The molecule has 1 unspecified atom stereocenters. The van der Waals surface area contributed by atoms with Crippen LogP contribution < -0.4 is 24.8 Å². The van der Waals surface area contributed by atoms with Gasteiger partial charge in [0.1, 0.15) is 24.7 Å². The molecule has 0 saturated heterocycles. The first-order valence-electron chi connectivity index (χ1n) is 12.4. The molecule has 200 valence electrons. The number of methoxy groups -OCH3 is 1. The Hall–Kier alpha value is -4.31. The van der Waals surface area contributed by atoms with Crippen LogP contribution in [0.1, 0.15) is 31.0 Å². The number of carbonyl (C=O) groups is 1. The molecule has 1 amide bonds. The number of aromatic nitrogens is 3. The number of nitrogens with zero attached hydrogens (tertiary/aromatic N) is 3. The van der Waals surface area contributed by atoms with Crippen molar-refractivity contribution in [1.82, 2.24) is 14.8 Å². The number of halogens is 1. The molecule has 0 spiro atoms. The van der Waals surface area contributed by atoms with Gasteiger partial charge in [-0.3, -0.25) is 4.79 Å². The molecule has 9 nitrogen and oxygen atoms in total. The van der Waals surface area contributed by atoms with Crippen molar-refractivity contribution in [1.29, 1.82) is 0 Å². The predicted molar refractivity (Wildman–Crippen MR) is 152 cm³/mol. The second-order valence-corrected chi connectivity index (χ2v) is 9.64. The summed E-state index contributed by atoms with van der Waals surface area (Å²) in [4.78, 5) is 18.1. The van der Waals surface area contributed by atoms with E-state index < -0.39 is 6.04 Å². The number of allylic oxidation sites excluding steroid dienone is 1. The molecular weight excluding hydrogens is 562 g/mol. The van der Waals surface area contributed by atoms with Crippen LogP contribution in [0.3, 0.4) is 0 Å². The molecule has 1 aliphatic rings. The van der Waals surface area contributed by atoms with E-state index in [2.05, 4.69) is 36.6 Å². The standard InChI is InChI=1S/C29H28BrN5O4/c1-4-38-24-15-20(14-21(30)27(24)39-16-19-10-6-5-7-11-19)26-25(18(2)33-29-31-17-32-35(26)29)28(36)34-22-12-8-9-13-23(22)37-3/h5-15,17,26H,4,16H2,1-3H3,(H,34,36)(H,31,32,33). The molecule has 4 aromatic rings. The highest BCUT2D eigenvalue weighted by molar-refractivity contribution is 9.10. The fourth-order valence-electron chi connectivity index (χ4n) is 4.51. The van der Waals surface area contributed by atoms with E-state index in [1.54, 1.807) is 23.9 Å². The lowest BCUT2D eigenvalue weighted by Gasteiger charge is -2.29. The van der Waals surface area contributed by atoms with Crippen LogP contribution in [0.5, 0.6) is 17.2 Å². The second-order valence-electron chi connectivity index (χ2n) is 8.79. The molecule has 1 aromatic heterocycles. The smallest absolute Gasteiger partial charge is 0.255 e. The third kappa shape index (κ3) is 5.46. The van der Waals surface area contributed by atoms with Gasteiger partial charge in [-0.2, -0.15) is 10.1 Å². The topological polar surface area (TPSA) is 99.5 Å². The van der Waals surface area contributed by atoms with Crippen molar-refractivity contribution in [2.24, 2.45) is 0 Å². The van der Waals surface area contributed by atoms with E-state index in [4.69, 9.17) is 14.2 Å². The summed E-state index contributed by atoms with van der Waals surface area (Å²) < 4.78 is 20.0. The van der Waals surface area contributed by atoms with Crippen molar-refractivity contribution in [2.45, 2.75) is 26.5 Å². The molecule has 2 heterocycles. The van der Waals surface area contributed by atoms with Crippen molar-refractivity contribution >= 4 is 33.5 Å². The maximum atomic E-state index is 13.8. The minimum Gasteiger partial charge on any atom is -0.495 e. The molecule has 0 saturated carbocycles. The molecule has 1 aliphatic heterocycles. The Balaban J connectivity index is 1.54. The number of nitrogens with one attached hydrogen (secondary N) is 2. The number of fused-ring (bicyclic) bond motifs is 1. The van der Waals surface area contributed by atoms with E-state index in [1.165, 1.54) is 6.33 Å². The minimum absolute atomic E-state index is 0.297. The highest BCUT2D eigenvalue weighted by Gasteiger charge is 2.35. The lowest BCUT2D eigenvalue weighted by atomic mass is 9.94. The second kappa shape index (κ2) is 11.6. The summed E-state index contributed by atoms with van der Waals surface area (Å²) in [6, 6.07) is 20.4. The first-order valence-corrected chi connectivity index (χ1v) is 13.2. The van der Waals surface area contributed by atoms with Crippen molar-refractivity contribution in [3.63, 3.8) is 0 Å². The van der Waals surface area contributed by atoms with Crippen LogP contribution in [0.2, 0.25) is 0 Å². The minimum atomic E-state index is -0.586. The average Bonchev–Trinajstić information content (AvgIpc) is 3.40. The Kier molecular flexibility index (Phi) is 7.83. The number of rotatable bonds is 9. The Morgan fingerprint density at radius 3 is 2.62 bits per heavy atom. The summed E-state index contributed by atoms with van der Waals surface area (Å²) in [5, 5.41) is 10.6. The van der Waals surface area contributed by atoms with E-state index in [9.17, 15) is 4.79 Å². The highest BCUT2D eigenvalue weighted by Crippen LogP contribution is 2.43. The lowest BCUT2D eigenvalue weighted by molar-refractivity contribution is -0.113. The number of para-hydroxylation sites is 2. The highest BCUT2D eigenvalue weighted by atomic mass is 79.9. The summed E-state index contributed by atoms with van der Waals surface area (Å²) in [6.45, 7) is 4.58. The lowest BCUT2D eigenvalue weighted by Crippen LogP contribution is -2.31. The average molecular weight is 590 g/mol. The van der Waals surface area contributed by atoms with Gasteiger partial charge in [-0.1, -0.05) is 42.5 Å². The molecule has 39 heavy (non-hydrogen) atoms. The summed E-state index contributed by atoms with van der Waals surface area (Å²) in [5.74, 6) is 1.93. The first kappa shape index (κ1) is 26.3. The van der Waals surface area contributed by atoms with Gasteiger partial charge in [-0.05, 0) is 65.2 Å². The molecule has 2 N–H and O–H groups in total. The van der Waals surface area contributed by atoms with E-state index in [1.807, 2.05) is 68.4 Å². The summed E-state index contributed by atoms with van der Waals surface area (Å²) in [7, 11) is 1.57. The fourth-order valence-corrected chi connectivity index (χ4v) is 5.08. The molecule has 0 fully saturated rings. The van der Waals surface area contributed by atoms with Gasteiger partial charge in [0.05, 0.1) is 29.4 Å². The van der Waals surface area contributed by atoms with Crippen molar-refractivity contribution in [2.75, 3.05) is 24.4 Å². The van der Waals surface area contributed by atoms with Gasteiger partial charge >= 0.3 is 0 Å². The number of hydrogen-bond acceptors (Lipinski definition) is 7. The molecule has 5 rings (SSSR count). The molecule has 0 aliphatic carbocycles. The van der Waals surface area contributed by atoms with Crippen molar-refractivity contribution in [3.05, 3.63) is 99.9 Å².